The number of allylic oxidation sites excluding steroid dienone is 1. The Balaban J connectivity index is 1.72. The van der Waals surface area contributed by atoms with Crippen molar-refractivity contribution >= 4 is 5.97 Å². The lowest BCUT2D eigenvalue weighted by Crippen LogP contribution is -2.18. The van der Waals surface area contributed by atoms with Crippen molar-refractivity contribution < 1.29 is 28.2 Å². The summed E-state index contributed by atoms with van der Waals surface area (Å²) in [5.74, 6) is -3.09. The van der Waals surface area contributed by atoms with Crippen LogP contribution in [0.4, 0.5) is 8.78 Å². The molecule has 0 aromatic heterocycles. The molecule has 1 aromatic carbocycles. The van der Waals surface area contributed by atoms with Crippen LogP contribution in [0.3, 0.4) is 0 Å². The van der Waals surface area contributed by atoms with Crippen LogP contribution in [0.25, 0.3) is 0 Å². The van der Waals surface area contributed by atoms with Gasteiger partial charge in [0.05, 0.1) is 0 Å². The number of carbonyl (C=O) groups is 1. The lowest BCUT2D eigenvalue weighted by atomic mass is 9.89. The van der Waals surface area contributed by atoms with E-state index in [9.17, 15) is 13.6 Å². The Morgan fingerprint density at radius 3 is 2.71 bits per heavy atom. The quantitative estimate of drug-likeness (QED) is 0.623. The molecule has 4 nitrogen and oxygen atoms in total. The summed E-state index contributed by atoms with van der Waals surface area (Å²) in [4.78, 5) is 10.8. The van der Waals surface area contributed by atoms with Crippen LogP contribution < -0.4 is 4.74 Å². The van der Waals surface area contributed by atoms with Gasteiger partial charge in [0.1, 0.15) is 12.4 Å². The highest BCUT2D eigenvalue weighted by Crippen LogP contribution is 2.37. The minimum absolute atomic E-state index is 0.0768. The van der Waals surface area contributed by atoms with Crippen LogP contribution in [-0.4, -0.2) is 30.9 Å². The molecule has 0 unspecified atom stereocenters. The molecule has 0 bridgehead atoms. The van der Waals surface area contributed by atoms with Gasteiger partial charge < -0.3 is 14.6 Å². The van der Waals surface area contributed by atoms with Crippen molar-refractivity contribution in [1.29, 1.82) is 0 Å². The minimum atomic E-state index is -3.05. The van der Waals surface area contributed by atoms with Gasteiger partial charge in [-0.3, -0.25) is 4.79 Å². The zero-order valence-electron chi connectivity index (χ0n) is 16.3. The summed E-state index contributed by atoms with van der Waals surface area (Å²) in [5, 5.41) is 8.84. The first-order valence-corrected chi connectivity index (χ1v) is 9.99. The van der Waals surface area contributed by atoms with Gasteiger partial charge in [-0.1, -0.05) is 11.6 Å². The van der Waals surface area contributed by atoms with Crippen molar-refractivity contribution in [3.05, 3.63) is 40.5 Å². The Morgan fingerprint density at radius 2 is 2.04 bits per heavy atom. The Hall–Kier alpha value is -1.95. The molecule has 1 heterocycles. The molecular weight excluding hydrogens is 366 g/mol. The maximum atomic E-state index is 14.0. The molecule has 0 saturated carbocycles. The van der Waals surface area contributed by atoms with Crippen molar-refractivity contribution in [2.24, 2.45) is 5.92 Å². The first-order valence-electron chi connectivity index (χ1n) is 9.99. The molecular formula is C22H28F2O4. The summed E-state index contributed by atoms with van der Waals surface area (Å²) in [7, 11) is 0. The highest BCUT2D eigenvalue weighted by atomic mass is 19.3. The van der Waals surface area contributed by atoms with Crippen molar-refractivity contribution in [2.75, 3.05) is 19.8 Å². The number of alkyl halides is 2. The van der Waals surface area contributed by atoms with Crippen LogP contribution in [0.5, 0.6) is 5.75 Å². The molecule has 0 radical (unpaired) electrons. The second-order valence-electron chi connectivity index (χ2n) is 7.76. The van der Waals surface area contributed by atoms with Crippen LogP contribution in [-0.2, 0) is 21.9 Å². The van der Waals surface area contributed by atoms with Crippen molar-refractivity contribution in [1.82, 2.24) is 0 Å². The van der Waals surface area contributed by atoms with Crippen LogP contribution in [0.1, 0.15) is 56.6 Å². The number of carboxylic acid groups (broad SMARTS) is 1. The molecule has 1 N–H and O–H groups in total. The van der Waals surface area contributed by atoms with Crippen LogP contribution in [0.15, 0.2) is 29.3 Å². The van der Waals surface area contributed by atoms with Crippen molar-refractivity contribution in [3.63, 3.8) is 0 Å². The normalized spacial score (nSPS) is 18.5. The predicted molar refractivity (Wildman–Crippen MR) is 102 cm³/mol. The Labute approximate surface area is 164 Å². The number of benzene rings is 1. The summed E-state index contributed by atoms with van der Waals surface area (Å²) in [6, 6.07) is 4.59. The lowest BCUT2D eigenvalue weighted by Gasteiger charge is -2.25. The first kappa shape index (κ1) is 20.8. The van der Waals surface area contributed by atoms with E-state index >= 15 is 0 Å². The minimum Gasteiger partial charge on any atom is -0.489 e. The van der Waals surface area contributed by atoms with E-state index in [-0.39, 0.29) is 18.4 Å². The largest absolute Gasteiger partial charge is 0.489 e. The summed E-state index contributed by atoms with van der Waals surface area (Å²) < 4.78 is 39.4. The molecule has 0 atom stereocenters. The van der Waals surface area contributed by atoms with Crippen LogP contribution >= 0.6 is 0 Å². The Bertz CT molecular complexity index is 731. The fraction of sp³-hybridized carbons (Fsp3) is 0.591. The highest BCUT2D eigenvalue weighted by molar-refractivity contribution is 5.67. The molecule has 1 aromatic rings. The third-order valence-corrected chi connectivity index (χ3v) is 5.67. The van der Waals surface area contributed by atoms with Crippen LogP contribution in [0.2, 0.25) is 0 Å². The predicted octanol–water partition coefficient (Wildman–Crippen LogP) is 5.10. The molecule has 1 aliphatic heterocycles. The van der Waals surface area contributed by atoms with Gasteiger partial charge in [0, 0.05) is 32.1 Å². The van der Waals surface area contributed by atoms with E-state index in [1.165, 1.54) is 17.2 Å². The first-order chi connectivity index (χ1) is 13.3. The van der Waals surface area contributed by atoms with E-state index in [0.29, 0.717) is 23.8 Å². The van der Waals surface area contributed by atoms with Gasteiger partial charge in [0.25, 0.3) is 5.92 Å². The SMILES string of the molecule is CC(F)(F)c1cc(OCC2=C(C3CCOCC3)CCC2)ccc1CCC(=O)O. The van der Waals surface area contributed by atoms with E-state index in [1.807, 2.05) is 0 Å². The number of aryl methyl sites for hydroxylation is 1. The number of hydrogen-bond donors (Lipinski definition) is 1. The number of rotatable bonds is 8. The average molecular weight is 394 g/mol. The zero-order chi connectivity index (χ0) is 20.1. The third kappa shape index (κ3) is 5.31. The molecule has 1 fully saturated rings. The molecule has 0 amide bonds. The summed E-state index contributed by atoms with van der Waals surface area (Å²) in [5.41, 5.74) is 2.97. The number of aliphatic carboxylic acids is 1. The maximum absolute atomic E-state index is 14.0. The molecule has 1 aliphatic carbocycles. The summed E-state index contributed by atoms with van der Waals surface area (Å²) in [6.45, 7) is 2.86. The smallest absolute Gasteiger partial charge is 0.303 e. The summed E-state index contributed by atoms with van der Waals surface area (Å²) in [6.07, 6.45) is 5.21. The van der Waals surface area contributed by atoms with Crippen molar-refractivity contribution in [3.8, 4) is 5.75 Å². The van der Waals surface area contributed by atoms with Gasteiger partial charge in [0.15, 0.2) is 0 Å². The van der Waals surface area contributed by atoms with E-state index in [1.54, 1.807) is 12.1 Å². The molecule has 154 valence electrons. The van der Waals surface area contributed by atoms with Gasteiger partial charge in [0.2, 0.25) is 0 Å². The second kappa shape index (κ2) is 9.03. The van der Waals surface area contributed by atoms with E-state index in [2.05, 4.69) is 0 Å². The monoisotopic (exact) mass is 394 g/mol. The molecule has 3 rings (SSSR count). The second-order valence-corrected chi connectivity index (χ2v) is 7.76. The van der Waals surface area contributed by atoms with Gasteiger partial charge in [-0.25, -0.2) is 8.78 Å². The fourth-order valence-electron chi connectivity index (χ4n) is 4.22. The van der Waals surface area contributed by atoms with Gasteiger partial charge in [-0.05, 0) is 67.7 Å². The van der Waals surface area contributed by atoms with E-state index < -0.39 is 11.9 Å². The standard InChI is InChI=1S/C22H28F2O4/c1-22(23,24)20-13-18(7-5-16(20)6-8-21(25)26)28-14-17-3-2-4-19(17)15-9-11-27-12-10-15/h5,7,13,15H,2-4,6,8-12,14H2,1H3,(H,25,26). The van der Waals surface area contributed by atoms with Gasteiger partial charge in [-0.2, -0.15) is 0 Å². The molecule has 28 heavy (non-hydrogen) atoms. The van der Waals surface area contributed by atoms with Crippen molar-refractivity contribution in [2.45, 2.75) is 57.8 Å². The Kier molecular flexibility index (Phi) is 6.70. The highest BCUT2D eigenvalue weighted by Gasteiger charge is 2.29. The molecule has 1 saturated heterocycles. The molecule has 0 spiro atoms. The molecule has 2 aliphatic rings. The zero-order valence-corrected chi connectivity index (χ0v) is 16.3. The fourth-order valence-corrected chi connectivity index (χ4v) is 4.22. The van der Waals surface area contributed by atoms with Crippen LogP contribution in [0, 0.1) is 5.92 Å². The van der Waals surface area contributed by atoms with E-state index in [0.717, 1.165) is 52.2 Å². The number of halogens is 2. The average Bonchev–Trinajstić information content (AvgIpc) is 3.13. The number of hydrogen-bond acceptors (Lipinski definition) is 3. The van der Waals surface area contributed by atoms with Gasteiger partial charge in [-0.15, -0.1) is 0 Å². The van der Waals surface area contributed by atoms with E-state index in [4.69, 9.17) is 14.6 Å². The molecule has 6 heteroatoms. The van der Waals surface area contributed by atoms with Gasteiger partial charge >= 0.3 is 5.97 Å². The number of carboxylic acids is 1. The lowest BCUT2D eigenvalue weighted by molar-refractivity contribution is -0.137. The number of ether oxygens (including phenoxy) is 2. The Morgan fingerprint density at radius 1 is 1.29 bits per heavy atom. The topological polar surface area (TPSA) is 55.8 Å². The third-order valence-electron chi connectivity index (χ3n) is 5.67. The summed E-state index contributed by atoms with van der Waals surface area (Å²) >= 11 is 0. The maximum Gasteiger partial charge on any atom is 0.303 e.